The minimum absolute atomic E-state index is 0.104. The number of Topliss-reactive ketones (excluding diaryl/α,β-unsaturated/α-hetero) is 1. The van der Waals surface area contributed by atoms with Crippen molar-refractivity contribution >= 4 is 27.7 Å². The van der Waals surface area contributed by atoms with Gasteiger partial charge in [0.05, 0.1) is 17.5 Å². The summed E-state index contributed by atoms with van der Waals surface area (Å²) in [5.74, 6) is 0.492. The van der Waals surface area contributed by atoms with Gasteiger partial charge >= 0.3 is 6.09 Å². The number of aryl methyl sites for hydroxylation is 1. The van der Waals surface area contributed by atoms with Crippen molar-refractivity contribution in [3.63, 3.8) is 0 Å². The van der Waals surface area contributed by atoms with Crippen LogP contribution in [0.15, 0.2) is 47.5 Å². The molecule has 10 heteroatoms. The third-order valence-corrected chi connectivity index (χ3v) is 7.76. The lowest BCUT2D eigenvalue weighted by Crippen LogP contribution is -2.49. The summed E-state index contributed by atoms with van der Waals surface area (Å²) in [7, 11) is -3.86. The minimum atomic E-state index is -3.86. The lowest BCUT2D eigenvalue weighted by atomic mass is 9.97. The number of nitrogens with zero attached hydrogens (tertiary/aromatic N) is 3. The van der Waals surface area contributed by atoms with Crippen LogP contribution >= 0.6 is 0 Å². The van der Waals surface area contributed by atoms with Gasteiger partial charge < -0.3 is 14.5 Å². The van der Waals surface area contributed by atoms with Crippen molar-refractivity contribution in [1.29, 1.82) is 0 Å². The average Bonchev–Trinajstić information content (AvgIpc) is 2.88. The van der Waals surface area contributed by atoms with Crippen LogP contribution in [0.25, 0.3) is 0 Å². The number of unbranched alkanes of at least 4 members (excludes halogenated alkanes) is 1. The number of amides is 1. The second-order valence-corrected chi connectivity index (χ2v) is 11.5. The Morgan fingerprint density at radius 1 is 1.05 bits per heavy atom. The fraction of sp³-hybridized carbons (Fsp3) is 0.519. The first-order valence-corrected chi connectivity index (χ1v) is 14.3. The molecular weight excluding hydrogens is 492 g/mol. The van der Waals surface area contributed by atoms with Crippen molar-refractivity contribution in [2.24, 2.45) is 5.92 Å². The van der Waals surface area contributed by atoms with E-state index < -0.39 is 16.1 Å². The van der Waals surface area contributed by atoms with Crippen LogP contribution in [0.3, 0.4) is 0 Å². The van der Waals surface area contributed by atoms with Gasteiger partial charge in [-0.3, -0.25) is 4.79 Å². The van der Waals surface area contributed by atoms with Crippen LogP contribution in [0, 0.1) is 12.8 Å². The number of benzene rings is 1. The van der Waals surface area contributed by atoms with Crippen molar-refractivity contribution in [3.05, 3.63) is 53.7 Å². The first-order valence-electron chi connectivity index (χ1n) is 12.9. The Morgan fingerprint density at radius 3 is 2.30 bits per heavy atom. The molecule has 1 atom stereocenters. The molecule has 1 amide bonds. The maximum atomic E-state index is 13.3. The summed E-state index contributed by atoms with van der Waals surface area (Å²) in [5.41, 5.74) is 1.30. The zero-order valence-electron chi connectivity index (χ0n) is 22.1. The largest absolute Gasteiger partial charge is 0.449 e. The maximum Gasteiger partial charge on any atom is 0.409 e. The highest BCUT2D eigenvalue weighted by molar-refractivity contribution is 7.89. The summed E-state index contributed by atoms with van der Waals surface area (Å²) in [5, 5.41) is 0. The Morgan fingerprint density at radius 2 is 1.73 bits per heavy atom. The van der Waals surface area contributed by atoms with Gasteiger partial charge in [-0.1, -0.05) is 44.9 Å². The van der Waals surface area contributed by atoms with E-state index in [-0.39, 0.29) is 22.7 Å². The number of carbonyl (C=O) groups is 2. The first-order chi connectivity index (χ1) is 17.6. The number of hydrogen-bond donors (Lipinski definition) is 1. The van der Waals surface area contributed by atoms with Gasteiger partial charge in [-0.2, -0.15) is 0 Å². The van der Waals surface area contributed by atoms with Crippen LogP contribution in [0.5, 0.6) is 0 Å². The molecule has 0 radical (unpaired) electrons. The van der Waals surface area contributed by atoms with Gasteiger partial charge in [0.1, 0.15) is 5.82 Å². The van der Waals surface area contributed by atoms with Crippen LogP contribution < -0.4 is 9.62 Å². The van der Waals surface area contributed by atoms with Gasteiger partial charge in [0.15, 0.2) is 5.78 Å². The molecule has 1 fully saturated rings. The second kappa shape index (κ2) is 13.0. The standard InChI is InChI=1S/C27H38N4O5S/c1-5-6-17-36-27(33)31-15-13-30(14-16-31)25-12-9-22(19-28-25)26(32)24(18-20(2)3)29-37(34,35)23-10-7-21(4)8-11-23/h7-12,19-20,24,29H,5-6,13-18H2,1-4H3. The van der Waals surface area contributed by atoms with Crippen LogP contribution in [0.2, 0.25) is 0 Å². The zero-order valence-corrected chi connectivity index (χ0v) is 23.0. The van der Waals surface area contributed by atoms with E-state index in [1.165, 1.54) is 18.3 Å². The number of piperazine rings is 1. The number of rotatable bonds is 11. The molecule has 2 aromatic rings. The van der Waals surface area contributed by atoms with E-state index >= 15 is 0 Å². The molecule has 1 aromatic carbocycles. The topological polar surface area (TPSA) is 109 Å². The monoisotopic (exact) mass is 530 g/mol. The Hall–Kier alpha value is -2.98. The lowest BCUT2D eigenvalue weighted by Gasteiger charge is -2.34. The number of nitrogens with one attached hydrogen (secondary N) is 1. The van der Waals surface area contributed by atoms with E-state index in [1.807, 2.05) is 27.7 Å². The molecule has 0 aliphatic carbocycles. The number of pyridine rings is 1. The molecule has 0 saturated carbocycles. The summed E-state index contributed by atoms with van der Waals surface area (Å²) >= 11 is 0. The molecule has 1 aliphatic rings. The van der Waals surface area contributed by atoms with E-state index in [9.17, 15) is 18.0 Å². The minimum Gasteiger partial charge on any atom is -0.449 e. The summed E-state index contributed by atoms with van der Waals surface area (Å²) in [6.45, 7) is 10.5. The van der Waals surface area contributed by atoms with Crippen molar-refractivity contribution in [2.75, 3.05) is 37.7 Å². The normalized spacial score (nSPS) is 15.1. The molecule has 0 spiro atoms. The summed E-state index contributed by atoms with van der Waals surface area (Å²) in [4.78, 5) is 33.8. The van der Waals surface area contributed by atoms with Gasteiger partial charge in [-0.15, -0.1) is 0 Å². The van der Waals surface area contributed by atoms with Gasteiger partial charge in [0.25, 0.3) is 0 Å². The van der Waals surface area contributed by atoms with Crippen molar-refractivity contribution in [1.82, 2.24) is 14.6 Å². The predicted octanol–water partition coefficient (Wildman–Crippen LogP) is 4.02. The van der Waals surface area contributed by atoms with E-state index in [4.69, 9.17) is 4.74 Å². The molecule has 202 valence electrons. The fourth-order valence-corrected chi connectivity index (χ4v) is 5.29. The zero-order chi connectivity index (χ0) is 27.0. The molecule has 0 bridgehead atoms. The Balaban J connectivity index is 1.64. The van der Waals surface area contributed by atoms with Crippen molar-refractivity contribution < 1.29 is 22.7 Å². The molecular formula is C27H38N4O5S. The number of carbonyl (C=O) groups excluding carboxylic acids is 2. The number of ether oxygens (including phenoxy) is 1. The Labute approximate surface area is 220 Å². The highest BCUT2D eigenvalue weighted by Gasteiger charge is 2.28. The van der Waals surface area contributed by atoms with Crippen LogP contribution in [-0.4, -0.2) is 69.0 Å². The van der Waals surface area contributed by atoms with Gasteiger partial charge in [-0.25, -0.2) is 22.9 Å². The number of ketones is 1. The molecule has 37 heavy (non-hydrogen) atoms. The SMILES string of the molecule is CCCCOC(=O)N1CCN(c2ccc(C(=O)C(CC(C)C)NS(=O)(=O)c3ccc(C)cc3)cn2)CC1. The van der Waals surface area contributed by atoms with Crippen LogP contribution in [0.4, 0.5) is 10.6 Å². The molecule has 1 N–H and O–H groups in total. The van der Waals surface area contributed by atoms with E-state index in [2.05, 4.69) is 14.6 Å². The number of aromatic nitrogens is 1. The lowest BCUT2D eigenvalue weighted by molar-refractivity contribution is 0.0940. The summed E-state index contributed by atoms with van der Waals surface area (Å²) < 4.78 is 33.8. The molecule has 1 saturated heterocycles. The molecule has 3 rings (SSSR count). The Kier molecular flexibility index (Phi) is 10.0. The molecule has 1 aliphatic heterocycles. The highest BCUT2D eigenvalue weighted by Crippen LogP contribution is 2.19. The molecule has 2 heterocycles. The summed E-state index contributed by atoms with van der Waals surface area (Å²) in [6, 6.07) is 9.08. The molecule has 1 aromatic heterocycles. The second-order valence-electron chi connectivity index (χ2n) is 9.83. The third kappa shape index (κ3) is 8.00. The third-order valence-electron chi connectivity index (χ3n) is 6.27. The number of anilines is 1. The molecule has 1 unspecified atom stereocenters. The first kappa shape index (κ1) is 28.6. The highest BCUT2D eigenvalue weighted by atomic mass is 32.2. The van der Waals surface area contributed by atoms with Crippen LogP contribution in [0.1, 0.15) is 56.0 Å². The van der Waals surface area contributed by atoms with Crippen LogP contribution in [-0.2, 0) is 14.8 Å². The number of hydrogen-bond acceptors (Lipinski definition) is 7. The van der Waals surface area contributed by atoms with E-state index in [0.29, 0.717) is 50.6 Å². The van der Waals surface area contributed by atoms with Crippen molar-refractivity contribution in [3.8, 4) is 0 Å². The van der Waals surface area contributed by atoms with E-state index in [1.54, 1.807) is 29.2 Å². The number of sulfonamides is 1. The Bertz CT molecular complexity index is 1140. The smallest absolute Gasteiger partial charge is 0.409 e. The molecule has 9 nitrogen and oxygen atoms in total. The fourth-order valence-electron chi connectivity index (χ4n) is 4.09. The summed E-state index contributed by atoms with van der Waals surface area (Å²) in [6.07, 6.45) is 3.40. The van der Waals surface area contributed by atoms with Crippen molar-refractivity contribution in [2.45, 2.75) is 57.9 Å². The van der Waals surface area contributed by atoms with Gasteiger partial charge in [0, 0.05) is 37.9 Å². The average molecular weight is 531 g/mol. The predicted molar refractivity (Wildman–Crippen MR) is 143 cm³/mol. The van der Waals surface area contributed by atoms with Gasteiger partial charge in [-0.05, 0) is 49.9 Å². The quantitative estimate of drug-likeness (QED) is 0.345. The van der Waals surface area contributed by atoms with Gasteiger partial charge in [0.2, 0.25) is 10.0 Å². The van der Waals surface area contributed by atoms with E-state index in [0.717, 1.165) is 18.4 Å². The maximum absolute atomic E-state index is 13.3.